The molecule has 0 bridgehead atoms. The van der Waals surface area contributed by atoms with Gasteiger partial charge in [-0.3, -0.25) is 4.79 Å². The second-order valence-electron chi connectivity index (χ2n) is 4.20. The maximum atomic E-state index is 12.6. The number of benzene rings is 2. The Morgan fingerprint density at radius 3 is 2.52 bits per heavy atom. The van der Waals surface area contributed by atoms with Crippen molar-refractivity contribution in [2.24, 2.45) is 5.10 Å². The molecule has 0 saturated heterocycles. The fourth-order valence-electron chi connectivity index (χ4n) is 1.82. The number of carbonyl (C=O) groups is 1. The van der Waals surface area contributed by atoms with Gasteiger partial charge in [0.05, 0.1) is 12.8 Å². The molecule has 5 heteroatoms. The second kappa shape index (κ2) is 6.90. The van der Waals surface area contributed by atoms with Crippen molar-refractivity contribution >= 4 is 29.4 Å². The van der Waals surface area contributed by atoms with Gasteiger partial charge < -0.3 is 4.74 Å². The monoisotopic (exact) mass is 302 g/mol. The van der Waals surface area contributed by atoms with E-state index in [2.05, 4.69) is 5.10 Å². The summed E-state index contributed by atoms with van der Waals surface area (Å²) in [5.74, 6) is 0.468. The van der Waals surface area contributed by atoms with Crippen LogP contribution in [0.4, 0.5) is 5.69 Å². The number of methoxy groups -OCH3 is 1. The van der Waals surface area contributed by atoms with E-state index in [1.165, 1.54) is 5.01 Å². The van der Waals surface area contributed by atoms with Gasteiger partial charge in [0.25, 0.3) is 5.91 Å². The second-order valence-corrected chi connectivity index (χ2v) is 4.64. The molecule has 0 atom stereocenters. The molecule has 0 unspecified atom stereocenters. The van der Waals surface area contributed by atoms with Crippen LogP contribution in [0.25, 0.3) is 0 Å². The van der Waals surface area contributed by atoms with E-state index in [9.17, 15) is 4.79 Å². The number of halogens is 1. The van der Waals surface area contributed by atoms with Crippen molar-refractivity contribution < 1.29 is 9.53 Å². The summed E-state index contributed by atoms with van der Waals surface area (Å²) in [5, 5.41) is 5.97. The van der Waals surface area contributed by atoms with Crippen LogP contribution in [-0.2, 0) is 0 Å². The average molecular weight is 303 g/mol. The summed E-state index contributed by atoms with van der Waals surface area (Å²) < 4.78 is 5.11. The van der Waals surface area contributed by atoms with E-state index in [0.717, 1.165) is 5.75 Å². The van der Waals surface area contributed by atoms with Crippen molar-refractivity contribution in [1.29, 1.82) is 0 Å². The zero-order valence-electron chi connectivity index (χ0n) is 11.8. The fourth-order valence-corrected chi connectivity index (χ4v) is 2.01. The van der Waals surface area contributed by atoms with Crippen LogP contribution in [0, 0.1) is 0 Å². The van der Waals surface area contributed by atoms with Crippen LogP contribution in [0.15, 0.2) is 53.6 Å². The van der Waals surface area contributed by atoms with Gasteiger partial charge in [0.1, 0.15) is 5.75 Å². The molecule has 108 valence electrons. The molecule has 0 aliphatic rings. The molecule has 2 rings (SSSR count). The van der Waals surface area contributed by atoms with Gasteiger partial charge >= 0.3 is 0 Å². The first-order valence-electron chi connectivity index (χ1n) is 6.38. The van der Waals surface area contributed by atoms with Gasteiger partial charge in [0.15, 0.2) is 0 Å². The molecule has 2 aromatic carbocycles. The Hall–Kier alpha value is -2.33. The lowest BCUT2D eigenvalue weighted by molar-refractivity contribution is 0.0988. The van der Waals surface area contributed by atoms with Crippen molar-refractivity contribution in [3.8, 4) is 5.75 Å². The number of hydrogen-bond acceptors (Lipinski definition) is 3. The third-order valence-corrected chi connectivity index (χ3v) is 3.05. The zero-order chi connectivity index (χ0) is 15.2. The number of carbonyl (C=O) groups excluding carboxylic acids is 1. The standard InChI is InChI=1S/C16H15ClN2O2/c1-3-18-19(14-7-9-15(21-2)10-8-14)16(20)12-5-4-6-13(17)11-12/h3-11H,1-2H3/b18-3+. The van der Waals surface area contributed by atoms with Crippen LogP contribution >= 0.6 is 11.6 Å². The molecular weight excluding hydrogens is 288 g/mol. The Morgan fingerprint density at radius 2 is 1.95 bits per heavy atom. The number of anilines is 1. The highest BCUT2D eigenvalue weighted by Crippen LogP contribution is 2.22. The topological polar surface area (TPSA) is 41.9 Å². The van der Waals surface area contributed by atoms with Crippen LogP contribution in [0.1, 0.15) is 17.3 Å². The normalized spacial score (nSPS) is 10.6. The third-order valence-electron chi connectivity index (χ3n) is 2.81. The number of hydrazone groups is 1. The molecule has 21 heavy (non-hydrogen) atoms. The number of hydrogen-bond donors (Lipinski definition) is 0. The first kappa shape index (κ1) is 15.1. The largest absolute Gasteiger partial charge is 0.497 e. The number of ether oxygens (including phenoxy) is 1. The summed E-state index contributed by atoms with van der Waals surface area (Å²) in [7, 11) is 1.59. The first-order valence-corrected chi connectivity index (χ1v) is 6.76. The molecule has 0 spiro atoms. The Balaban J connectivity index is 2.35. The Bertz CT molecular complexity index is 654. The first-order chi connectivity index (χ1) is 10.2. The molecule has 4 nitrogen and oxygen atoms in total. The van der Waals surface area contributed by atoms with E-state index in [1.807, 2.05) is 0 Å². The molecular formula is C16H15ClN2O2. The highest BCUT2D eigenvalue weighted by Gasteiger charge is 2.17. The van der Waals surface area contributed by atoms with E-state index >= 15 is 0 Å². The van der Waals surface area contributed by atoms with Gasteiger partial charge in [-0.2, -0.15) is 10.1 Å². The lowest BCUT2D eigenvalue weighted by Crippen LogP contribution is -2.25. The molecule has 0 aliphatic carbocycles. The third kappa shape index (κ3) is 3.61. The molecule has 0 fully saturated rings. The van der Waals surface area contributed by atoms with Crippen molar-refractivity contribution in [2.75, 3.05) is 12.1 Å². The summed E-state index contributed by atoms with van der Waals surface area (Å²) in [4.78, 5) is 12.6. The molecule has 0 aliphatic heterocycles. The quantitative estimate of drug-likeness (QED) is 0.633. The maximum Gasteiger partial charge on any atom is 0.278 e. The van der Waals surface area contributed by atoms with Gasteiger partial charge in [-0.1, -0.05) is 17.7 Å². The van der Waals surface area contributed by atoms with E-state index in [4.69, 9.17) is 16.3 Å². The molecule has 0 heterocycles. The summed E-state index contributed by atoms with van der Waals surface area (Å²) >= 11 is 5.93. The van der Waals surface area contributed by atoms with Crippen molar-refractivity contribution in [3.63, 3.8) is 0 Å². The number of amides is 1. The molecule has 0 N–H and O–H groups in total. The summed E-state index contributed by atoms with van der Waals surface area (Å²) in [6.07, 6.45) is 1.56. The van der Waals surface area contributed by atoms with Crippen LogP contribution in [0.2, 0.25) is 5.02 Å². The molecule has 0 radical (unpaired) electrons. The fraction of sp³-hybridized carbons (Fsp3) is 0.125. The van der Waals surface area contributed by atoms with Gasteiger partial charge in [-0.05, 0) is 49.4 Å². The van der Waals surface area contributed by atoms with Gasteiger partial charge in [0.2, 0.25) is 0 Å². The van der Waals surface area contributed by atoms with Gasteiger partial charge in [-0.15, -0.1) is 0 Å². The Morgan fingerprint density at radius 1 is 1.24 bits per heavy atom. The van der Waals surface area contributed by atoms with Gasteiger partial charge in [0, 0.05) is 16.8 Å². The van der Waals surface area contributed by atoms with Crippen molar-refractivity contribution in [1.82, 2.24) is 0 Å². The number of rotatable bonds is 4. The molecule has 1 amide bonds. The van der Waals surface area contributed by atoms with E-state index < -0.39 is 0 Å². The Kier molecular flexibility index (Phi) is 4.95. The van der Waals surface area contributed by atoms with Crippen molar-refractivity contribution in [3.05, 3.63) is 59.1 Å². The smallest absolute Gasteiger partial charge is 0.278 e. The highest BCUT2D eigenvalue weighted by atomic mass is 35.5. The van der Waals surface area contributed by atoms with Crippen LogP contribution < -0.4 is 9.75 Å². The SMILES string of the molecule is C/C=N/N(C(=O)c1cccc(Cl)c1)c1ccc(OC)cc1. The van der Waals surface area contributed by atoms with Crippen LogP contribution in [0.5, 0.6) is 5.75 Å². The summed E-state index contributed by atoms with van der Waals surface area (Å²) in [6.45, 7) is 1.75. The maximum absolute atomic E-state index is 12.6. The average Bonchev–Trinajstić information content (AvgIpc) is 2.52. The Labute approximate surface area is 128 Å². The summed E-state index contributed by atoms with van der Waals surface area (Å²) in [5.41, 5.74) is 1.13. The van der Waals surface area contributed by atoms with E-state index in [0.29, 0.717) is 16.3 Å². The predicted octanol–water partition coefficient (Wildman–Crippen LogP) is 4.00. The molecule has 0 aromatic heterocycles. The zero-order valence-corrected chi connectivity index (χ0v) is 12.5. The van der Waals surface area contributed by atoms with Crippen LogP contribution in [-0.4, -0.2) is 19.2 Å². The van der Waals surface area contributed by atoms with Gasteiger partial charge in [-0.25, -0.2) is 0 Å². The van der Waals surface area contributed by atoms with Crippen molar-refractivity contribution in [2.45, 2.75) is 6.92 Å². The summed E-state index contributed by atoms with van der Waals surface area (Å²) in [6, 6.07) is 13.9. The number of nitrogens with zero attached hydrogens (tertiary/aromatic N) is 2. The lowest BCUT2D eigenvalue weighted by atomic mass is 10.2. The van der Waals surface area contributed by atoms with E-state index in [1.54, 1.807) is 68.8 Å². The predicted molar refractivity (Wildman–Crippen MR) is 85.4 cm³/mol. The minimum Gasteiger partial charge on any atom is -0.497 e. The van der Waals surface area contributed by atoms with Crippen LogP contribution in [0.3, 0.4) is 0 Å². The minimum atomic E-state index is -0.249. The van der Waals surface area contributed by atoms with E-state index in [-0.39, 0.29) is 5.91 Å². The lowest BCUT2D eigenvalue weighted by Gasteiger charge is -2.17. The minimum absolute atomic E-state index is 0.249. The molecule has 0 saturated carbocycles. The molecule has 2 aromatic rings. The highest BCUT2D eigenvalue weighted by molar-refractivity contribution is 6.31.